The fraction of sp³-hybridized carbons (Fsp3) is 1.00. The molecule has 56 valence electrons. The summed E-state index contributed by atoms with van der Waals surface area (Å²) >= 11 is 0. The third-order valence-corrected chi connectivity index (χ3v) is 2.82. The molecule has 2 heteroatoms. The van der Waals surface area contributed by atoms with Gasteiger partial charge < -0.3 is 9.47 Å². The number of fused-ring (bicyclic) bond motifs is 1. The number of hydrogen-bond donors (Lipinski definition) is 0. The van der Waals surface area contributed by atoms with Crippen LogP contribution in [0, 0.1) is 5.92 Å². The summed E-state index contributed by atoms with van der Waals surface area (Å²) in [5.41, 5.74) is 0. The molecular formula is C8H12O2. The molecule has 0 spiro atoms. The first-order valence-corrected chi connectivity index (χ1v) is 4.19. The van der Waals surface area contributed by atoms with Crippen LogP contribution in [0.15, 0.2) is 0 Å². The summed E-state index contributed by atoms with van der Waals surface area (Å²) in [6.45, 7) is 1.02. The Labute approximate surface area is 60.5 Å². The molecule has 2 aliphatic heterocycles. The lowest BCUT2D eigenvalue weighted by atomic mass is 10.0. The summed E-state index contributed by atoms with van der Waals surface area (Å²) in [7, 11) is 0. The molecule has 3 rings (SSSR count). The molecule has 1 aliphatic carbocycles. The highest BCUT2D eigenvalue weighted by molar-refractivity contribution is 4.96. The lowest BCUT2D eigenvalue weighted by Crippen LogP contribution is -2.02. The summed E-state index contributed by atoms with van der Waals surface area (Å²) in [4.78, 5) is 0. The molecule has 3 aliphatic rings. The van der Waals surface area contributed by atoms with Crippen molar-refractivity contribution in [2.75, 3.05) is 6.61 Å². The van der Waals surface area contributed by atoms with Gasteiger partial charge in [0.15, 0.2) is 0 Å². The number of epoxide rings is 2. The van der Waals surface area contributed by atoms with Crippen molar-refractivity contribution >= 4 is 0 Å². The van der Waals surface area contributed by atoms with Crippen molar-refractivity contribution in [3.63, 3.8) is 0 Å². The molecule has 3 atom stereocenters. The second-order valence-corrected chi connectivity index (χ2v) is 3.74. The predicted octanol–water partition coefficient (Wildman–Crippen LogP) is 0.953. The highest BCUT2D eigenvalue weighted by Gasteiger charge is 2.48. The van der Waals surface area contributed by atoms with E-state index in [9.17, 15) is 0 Å². The molecule has 0 bridgehead atoms. The molecule has 0 aromatic carbocycles. The Morgan fingerprint density at radius 2 is 1.90 bits per heavy atom. The van der Waals surface area contributed by atoms with E-state index < -0.39 is 0 Å². The normalized spacial score (nSPS) is 56.4. The van der Waals surface area contributed by atoms with Gasteiger partial charge >= 0.3 is 0 Å². The van der Waals surface area contributed by atoms with Gasteiger partial charge in [0.1, 0.15) is 0 Å². The van der Waals surface area contributed by atoms with Crippen LogP contribution in [-0.4, -0.2) is 24.9 Å². The van der Waals surface area contributed by atoms with Gasteiger partial charge in [0.05, 0.1) is 24.9 Å². The molecule has 0 N–H and O–H groups in total. The van der Waals surface area contributed by atoms with Crippen LogP contribution in [0.25, 0.3) is 0 Å². The van der Waals surface area contributed by atoms with Crippen molar-refractivity contribution in [1.82, 2.24) is 0 Å². The Balaban J connectivity index is 1.54. The van der Waals surface area contributed by atoms with E-state index in [1.165, 1.54) is 19.3 Å². The first kappa shape index (κ1) is 5.56. The Morgan fingerprint density at radius 1 is 1.20 bits per heavy atom. The molecule has 0 amide bonds. The van der Waals surface area contributed by atoms with Gasteiger partial charge in [0.25, 0.3) is 0 Å². The maximum absolute atomic E-state index is 5.34. The predicted molar refractivity (Wildman–Crippen MR) is 35.7 cm³/mol. The van der Waals surface area contributed by atoms with Crippen molar-refractivity contribution in [3.8, 4) is 0 Å². The van der Waals surface area contributed by atoms with Crippen molar-refractivity contribution < 1.29 is 9.47 Å². The monoisotopic (exact) mass is 140 g/mol. The van der Waals surface area contributed by atoms with Crippen LogP contribution in [0.4, 0.5) is 0 Å². The van der Waals surface area contributed by atoms with Crippen LogP contribution in [0.5, 0.6) is 0 Å². The molecule has 3 unspecified atom stereocenters. The Kier molecular flexibility index (Phi) is 0.968. The van der Waals surface area contributed by atoms with Gasteiger partial charge in [-0.2, -0.15) is 0 Å². The molecule has 0 aromatic rings. The first-order chi connectivity index (χ1) is 4.92. The van der Waals surface area contributed by atoms with Crippen LogP contribution in [0.3, 0.4) is 0 Å². The maximum Gasteiger partial charge on any atom is 0.0844 e. The van der Waals surface area contributed by atoms with Gasteiger partial charge in [0, 0.05) is 0 Å². The van der Waals surface area contributed by atoms with Gasteiger partial charge in [0.2, 0.25) is 0 Å². The minimum absolute atomic E-state index is 0.627. The van der Waals surface area contributed by atoms with E-state index in [0.717, 1.165) is 12.5 Å². The number of ether oxygens (including phenoxy) is 2. The fourth-order valence-electron chi connectivity index (χ4n) is 2.12. The van der Waals surface area contributed by atoms with E-state index in [1.54, 1.807) is 0 Å². The zero-order valence-corrected chi connectivity index (χ0v) is 5.95. The zero-order valence-electron chi connectivity index (χ0n) is 5.95. The van der Waals surface area contributed by atoms with E-state index in [0.29, 0.717) is 18.3 Å². The molecule has 2 heterocycles. The van der Waals surface area contributed by atoms with Gasteiger partial charge in [-0.1, -0.05) is 0 Å². The average Bonchev–Trinajstić information content (AvgIpc) is 2.78. The molecular weight excluding hydrogens is 128 g/mol. The Morgan fingerprint density at radius 3 is 2.50 bits per heavy atom. The highest BCUT2D eigenvalue weighted by Crippen LogP contribution is 2.44. The Bertz CT molecular complexity index is 143. The second-order valence-electron chi connectivity index (χ2n) is 3.74. The average molecular weight is 140 g/mol. The lowest BCUT2D eigenvalue weighted by molar-refractivity contribution is 0.250. The van der Waals surface area contributed by atoms with Crippen molar-refractivity contribution in [3.05, 3.63) is 0 Å². The minimum atomic E-state index is 0.627. The second kappa shape index (κ2) is 1.74. The maximum atomic E-state index is 5.34. The molecule has 3 fully saturated rings. The third kappa shape index (κ3) is 0.867. The minimum Gasteiger partial charge on any atom is -0.373 e. The zero-order chi connectivity index (χ0) is 6.55. The Hall–Kier alpha value is -0.0800. The lowest BCUT2D eigenvalue weighted by Gasteiger charge is -2.07. The fourth-order valence-corrected chi connectivity index (χ4v) is 2.12. The van der Waals surface area contributed by atoms with Crippen molar-refractivity contribution in [2.45, 2.75) is 37.6 Å². The summed E-state index contributed by atoms with van der Waals surface area (Å²) in [6.07, 6.45) is 5.86. The SMILES string of the molecule is C1OC1CC1CC2OC2C1. The van der Waals surface area contributed by atoms with Crippen LogP contribution in [0.2, 0.25) is 0 Å². The molecule has 0 aromatic heterocycles. The summed E-state index contributed by atoms with van der Waals surface area (Å²) < 4.78 is 10.5. The van der Waals surface area contributed by atoms with Crippen LogP contribution in [0.1, 0.15) is 19.3 Å². The van der Waals surface area contributed by atoms with Gasteiger partial charge in [-0.15, -0.1) is 0 Å². The summed E-state index contributed by atoms with van der Waals surface area (Å²) in [5.74, 6) is 0.927. The van der Waals surface area contributed by atoms with Crippen LogP contribution >= 0.6 is 0 Å². The van der Waals surface area contributed by atoms with Gasteiger partial charge in [-0.3, -0.25) is 0 Å². The van der Waals surface area contributed by atoms with E-state index in [1.807, 2.05) is 0 Å². The van der Waals surface area contributed by atoms with E-state index in [2.05, 4.69) is 0 Å². The van der Waals surface area contributed by atoms with Crippen LogP contribution < -0.4 is 0 Å². The summed E-state index contributed by atoms with van der Waals surface area (Å²) in [5, 5.41) is 0. The van der Waals surface area contributed by atoms with Crippen molar-refractivity contribution in [1.29, 1.82) is 0 Å². The number of hydrogen-bond acceptors (Lipinski definition) is 2. The van der Waals surface area contributed by atoms with Crippen LogP contribution in [-0.2, 0) is 9.47 Å². The molecule has 2 saturated heterocycles. The quantitative estimate of drug-likeness (QED) is 0.533. The smallest absolute Gasteiger partial charge is 0.0844 e. The van der Waals surface area contributed by atoms with E-state index in [-0.39, 0.29) is 0 Å². The molecule has 10 heavy (non-hydrogen) atoms. The van der Waals surface area contributed by atoms with E-state index in [4.69, 9.17) is 9.47 Å². The molecule has 0 radical (unpaired) electrons. The topological polar surface area (TPSA) is 25.1 Å². The van der Waals surface area contributed by atoms with Crippen molar-refractivity contribution in [2.24, 2.45) is 5.92 Å². The largest absolute Gasteiger partial charge is 0.373 e. The highest BCUT2D eigenvalue weighted by atomic mass is 16.6. The van der Waals surface area contributed by atoms with Gasteiger partial charge in [-0.25, -0.2) is 0 Å². The molecule has 2 nitrogen and oxygen atoms in total. The van der Waals surface area contributed by atoms with E-state index >= 15 is 0 Å². The standard InChI is InChI=1S/C8H12O2/c1(6-4-9-6)5-2-7-8(3-5)10-7/h5-8H,1-4H2. The third-order valence-electron chi connectivity index (χ3n) is 2.82. The number of rotatable bonds is 2. The summed E-state index contributed by atoms with van der Waals surface area (Å²) in [6, 6.07) is 0. The molecule has 1 saturated carbocycles. The first-order valence-electron chi connectivity index (χ1n) is 4.19. The van der Waals surface area contributed by atoms with Gasteiger partial charge in [-0.05, 0) is 25.2 Å².